The lowest BCUT2D eigenvalue weighted by molar-refractivity contribution is 0.0427. The first-order valence-electron chi connectivity index (χ1n) is 7.21. The van der Waals surface area contributed by atoms with Crippen molar-refractivity contribution in [2.45, 2.75) is 18.9 Å². The van der Waals surface area contributed by atoms with Gasteiger partial charge in [-0.25, -0.2) is 4.98 Å². The highest BCUT2D eigenvalue weighted by Gasteiger charge is 2.19. The van der Waals surface area contributed by atoms with Crippen molar-refractivity contribution >= 4 is 0 Å². The van der Waals surface area contributed by atoms with Gasteiger partial charge >= 0.3 is 0 Å². The van der Waals surface area contributed by atoms with E-state index in [9.17, 15) is 0 Å². The third-order valence-corrected chi connectivity index (χ3v) is 3.87. The maximum atomic E-state index is 5.88. The van der Waals surface area contributed by atoms with E-state index in [2.05, 4.69) is 39.1 Å². The highest BCUT2D eigenvalue weighted by atomic mass is 16.5. The number of hydrogen-bond acceptors (Lipinski definition) is 3. The predicted molar refractivity (Wildman–Crippen MR) is 78.6 cm³/mol. The normalized spacial score (nSPS) is 17.9. The van der Waals surface area contributed by atoms with Gasteiger partial charge in [-0.3, -0.25) is 0 Å². The van der Waals surface area contributed by atoms with Gasteiger partial charge in [0.25, 0.3) is 0 Å². The summed E-state index contributed by atoms with van der Waals surface area (Å²) < 4.78 is 7.95. The third-order valence-electron chi connectivity index (χ3n) is 3.87. The van der Waals surface area contributed by atoms with E-state index in [1.807, 2.05) is 19.4 Å². The van der Waals surface area contributed by atoms with Crippen LogP contribution in [0.2, 0.25) is 0 Å². The molecule has 0 spiro atoms. The zero-order valence-electron chi connectivity index (χ0n) is 11.9. The molecule has 0 fully saturated rings. The van der Waals surface area contributed by atoms with Crippen molar-refractivity contribution in [3.63, 3.8) is 0 Å². The summed E-state index contributed by atoms with van der Waals surface area (Å²) in [5, 5.41) is 3.48. The Hall–Kier alpha value is -1.65. The Balaban J connectivity index is 1.51. The number of imidazole rings is 1. The van der Waals surface area contributed by atoms with Gasteiger partial charge in [0.05, 0.1) is 12.7 Å². The number of nitrogens with zero attached hydrogens (tertiary/aromatic N) is 2. The lowest BCUT2D eigenvalue weighted by Crippen LogP contribution is -2.29. The molecule has 1 aromatic carbocycles. The molecule has 1 aromatic heterocycles. The molecule has 20 heavy (non-hydrogen) atoms. The SMILES string of the molecule is Cn1ccnc1CCNCC1OCCc2ccccc21. The monoisotopic (exact) mass is 271 g/mol. The molecule has 1 aliphatic heterocycles. The molecule has 1 unspecified atom stereocenters. The first-order chi connectivity index (χ1) is 9.84. The summed E-state index contributed by atoms with van der Waals surface area (Å²) in [4.78, 5) is 4.33. The molecule has 3 rings (SSSR count). The molecule has 4 nitrogen and oxygen atoms in total. The average Bonchev–Trinajstić information content (AvgIpc) is 2.89. The van der Waals surface area contributed by atoms with Crippen LogP contribution in [0, 0.1) is 0 Å². The number of fused-ring (bicyclic) bond motifs is 1. The summed E-state index contributed by atoms with van der Waals surface area (Å²) >= 11 is 0. The first-order valence-corrected chi connectivity index (χ1v) is 7.21. The molecule has 0 saturated heterocycles. The number of benzene rings is 1. The van der Waals surface area contributed by atoms with Crippen LogP contribution < -0.4 is 5.32 Å². The fraction of sp³-hybridized carbons (Fsp3) is 0.438. The van der Waals surface area contributed by atoms with Crippen molar-refractivity contribution < 1.29 is 4.74 Å². The van der Waals surface area contributed by atoms with Crippen molar-refractivity contribution in [1.29, 1.82) is 0 Å². The van der Waals surface area contributed by atoms with Crippen LogP contribution in [0.4, 0.5) is 0 Å². The van der Waals surface area contributed by atoms with Gasteiger partial charge in [-0.05, 0) is 17.5 Å². The molecule has 2 aromatic rings. The second-order valence-electron chi connectivity index (χ2n) is 5.22. The standard InChI is InChI=1S/C16H21N3O/c1-19-10-9-18-16(19)6-8-17-12-15-14-5-3-2-4-13(14)7-11-20-15/h2-5,9-10,15,17H,6-8,11-12H2,1H3. The van der Waals surface area contributed by atoms with Crippen LogP contribution in [-0.4, -0.2) is 29.2 Å². The Morgan fingerprint density at radius 2 is 2.30 bits per heavy atom. The zero-order chi connectivity index (χ0) is 13.8. The molecule has 4 heteroatoms. The molecule has 0 amide bonds. The minimum absolute atomic E-state index is 0.182. The number of aromatic nitrogens is 2. The van der Waals surface area contributed by atoms with Gasteiger partial charge in [-0.1, -0.05) is 24.3 Å². The second-order valence-corrected chi connectivity index (χ2v) is 5.22. The minimum Gasteiger partial charge on any atom is -0.372 e. The minimum atomic E-state index is 0.182. The molecule has 1 atom stereocenters. The Morgan fingerprint density at radius 3 is 3.15 bits per heavy atom. The number of rotatable bonds is 5. The first kappa shape index (κ1) is 13.3. The summed E-state index contributed by atoms with van der Waals surface area (Å²) in [7, 11) is 2.03. The Labute approximate surface area is 119 Å². The van der Waals surface area contributed by atoms with Crippen LogP contribution in [0.25, 0.3) is 0 Å². The van der Waals surface area contributed by atoms with Crippen LogP contribution in [0.1, 0.15) is 23.1 Å². The van der Waals surface area contributed by atoms with Crippen molar-refractivity contribution in [1.82, 2.24) is 14.9 Å². The van der Waals surface area contributed by atoms with E-state index in [1.54, 1.807) is 0 Å². The summed E-state index contributed by atoms with van der Waals surface area (Å²) in [6.07, 6.45) is 5.98. The van der Waals surface area contributed by atoms with Gasteiger partial charge in [-0.15, -0.1) is 0 Å². The summed E-state index contributed by atoms with van der Waals surface area (Å²) in [5.74, 6) is 1.11. The molecule has 0 saturated carbocycles. The molecule has 1 aliphatic rings. The molecule has 0 bridgehead atoms. The highest BCUT2D eigenvalue weighted by Crippen LogP contribution is 2.26. The maximum Gasteiger partial charge on any atom is 0.109 e. The topological polar surface area (TPSA) is 39.1 Å². The molecular weight excluding hydrogens is 250 g/mol. The molecule has 0 aliphatic carbocycles. The summed E-state index contributed by atoms with van der Waals surface area (Å²) in [5.41, 5.74) is 2.76. The van der Waals surface area contributed by atoms with Crippen LogP contribution >= 0.6 is 0 Å². The van der Waals surface area contributed by atoms with Crippen molar-refractivity contribution in [2.75, 3.05) is 19.7 Å². The highest BCUT2D eigenvalue weighted by molar-refractivity contribution is 5.31. The molecule has 0 radical (unpaired) electrons. The van der Waals surface area contributed by atoms with Crippen LogP contribution in [0.5, 0.6) is 0 Å². The average molecular weight is 271 g/mol. The lowest BCUT2D eigenvalue weighted by atomic mass is 9.97. The van der Waals surface area contributed by atoms with E-state index in [0.717, 1.165) is 38.4 Å². The summed E-state index contributed by atoms with van der Waals surface area (Å²) in [6.45, 7) is 2.61. The number of nitrogens with one attached hydrogen (secondary N) is 1. The Kier molecular flexibility index (Phi) is 4.14. The van der Waals surface area contributed by atoms with Gasteiger partial charge in [0.1, 0.15) is 5.82 Å². The Morgan fingerprint density at radius 1 is 1.40 bits per heavy atom. The number of ether oxygens (including phenoxy) is 1. The third kappa shape index (κ3) is 2.92. The maximum absolute atomic E-state index is 5.88. The van der Waals surface area contributed by atoms with Gasteiger partial charge in [-0.2, -0.15) is 0 Å². The quantitative estimate of drug-likeness (QED) is 0.844. The van der Waals surface area contributed by atoms with Crippen molar-refractivity contribution in [3.05, 3.63) is 53.6 Å². The van der Waals surface area contributed by atoms with Gasteiger partial charge in [0.2, 0.25) is 0 Å². The van der Waals surface area contributed by atoms with E-state index >= 15 is 0 Å². The zero-order valence-corrected chi connectivity index (χ0v) is 11.9. The molecule has 1 N–H and O–H groups in total. The largest absolute Gasteiger partial charge is 0.372 e. The van der Waals surface area contributed by atoms with Crippen LogP contribution in [0.3, 0.4) is 0 Å². The van der Waals surface area contributed by atoms with E-state index in [0.29, 0.717) is 0 Å². The van der Waals surface area contributed by atoms with E-state index < -0.39 is 0 Å². The summed E-state index contributed by atoms with van der Waals surface area (Å²) in [6, 6.07) is 8.59. The van der Waals surface area contributed by atoms with Gasteiger partial charge in [0.15, 0.2) is 0 Å². The smallest absolute Gasteiger partial charge is 0.109 e. The van der Waals surface area contributed by atoms with Crippen molar-refractivity contribution in [3.8, 4) is 0 Å². The van der Waals surface area contributed by atoms with Crippen LogP contribution in [0.15, 0.2) is 36.7 Å². The van der Waals surface area contributed by atoms with Crippen LogP contribution in [-0.2, 0) is 24.6 Å². The predicted octanol–water partition coefficient (Wildman–Crippen LogP) is 1.87. The van der Waals surface area contributed by atoms with E-state index in [-0.39, 0.29) is 6.10 Å². The van der Waals surface area contributed by atoms with Gasteiger partial charge < -0.3 is 14.6 Å². The molecule has 106 valence electrons. The van der Waals surface area contributed by atoms with Crippen molar-refractivity contribution in [2.24, 2.45) is 7.05 Å². The fourth-order valence-electron chi connectivity index (χ4n) is 2.72. The molecule has 2 heterocycles. The second kappa shape index (κ2) is 6.20. The number of hydrogen-bond donors (Lipinski definition) is 1. The lowest BCUT2D eigenvalue weighted by Gasteiger charge is -2.26. The number of aryl methyl sites for hydroxylation is 1. The fourth-order valence-corrected chi connectivity index (χ4v) is 2.72. The van der Waals surface area contributed by atoms with E-state index in [1.165, 1.54) is 11.1 Å². The van der Waals surface area contributed by atoms with E-state index in [4.69, 9.17) is 4.74 Å². The molecular formula is C16H21N3O. The van der Waals surface area contributed by atoms with Gasteiger partial charge in [0, 0.05) is 39.0 Å². The Bertz CT molecular complexity index is 564.